The van der Waals surface area contributed by atoms with Gasteiger partial charge in [0.05, 0.1) is 12.1 Å². The van der Waals surface area contributed by atoms with Crippen LogP contribution in [0.4, 0.5) is 5.69 Å². The fourth-order valence-corrected chi connectivity index (χ4v) is 2.43. The second-order valence-corrected chi connectivity index (χ2v) is 4.75. The Bertz CT molecular complexity index is 720. The van der Waals surface area contributed by atoms with Crippen molar-refractivity contribution in [2.24, 2.45) is 0 Å². The van der Waals surface area contributed by atoms with E-state index in [0.717, 1.165) is 13.0 Å². The van der Waals surface area contributed by atoms with Crippen LogP contribution in [0, 0.1) is 0 Å². The summed E-state index contributed by atoms with van der Waals surface area (Å²) in [7, 11) is 0. The van der Waals surface area contributed by atoms with E-state index >= 15 is 0 Å². The lowest BCUT2D eigenvalue weighted by molar-refractivity contribution is 0.354. The SMILES string of the molecule is c1ccc2c(c1)CC(c1nc(-c3cn[nH]n3)no1)CN2. The maximum atomic E-state index is 5.36. The number of H-pyrrole nitrogens is 1. The van der Waals surface area contributed by atoms with Crippen molar-refractivity contribution >= 4 is 5.69 Å². The predicted molar refractivity (Wildman–Crippen MR) is 71.1 cm³/mol. The molecule has 0 amide bonds. The zero-order chi connectivity index (χ0) is 13.4. The molecule has 4 rings (SSSR count). The van der Waals surface area contributed by atoms with E-state index in [-0.39, 0.29) is 5.92 Å². The first-order valence-corrected chi connectivity index (χ1v) is 6.41. The summed E-state index contributed by atoms with van der Waals surface area (Å²) in [6.45, 7) is 0.789. The molecule has 0 saturated heterocycles. The fraction of sp³-hybridized carbons (Fsp3) is 0.231. The van der Waals surface area contributed by atoms with Crippen molar-refractivity contribution in [3.05, 3.63) is 41.9 Å². The van der Waals surface area contributed by atoms with E-state index < -0.39 is 0 Å². The molecule has 3 heterocycles. The highest BCUT2D eigenvalue weighted by molar-refractivity contribution is 5.54. The molecule has 20 heavy (non-hydrogen) atoms. The maximum Gasteiger partial charge on any atom is 0.232 e. The normalized spacial score (nSPS) is 17.5. The summed E-state index contributed by atoms with van der Waals surface area (Å²) in [5.41, 5.74) is 3.04. The Balaban J connectivity index is 1.60. The molecule has 0 bridgehead atoms. The molecular formula is C13H12N6O. The molecule has 1 atom stereocenters. The van der Waals surface area contributed by atoms with Gasteiger partial charge in [-0.25, -0.2) is 0 Å². The number of anilines is 1. The zero-order valence-corrected chi connectivity index (χ0v) is 10.6. The van der Waals surface area contributed by atoms with Crippen LogP contribution in [-0.2, 0) is 6.42 Å². The average Bonchev–Trinajstić information content (AvgIpc) is 3.17. The van der Waals surface area contributed by atoms with Crippen molar-refractivity contribution in [1.82, 2.24) is 25.6 Å². The molecule has 3 aromatic rings. The standard InChI is InChI=1S/C13H12N6O/c1-2-4-10-8(3-1)5-9(6-14-10)13-16-12(18-20-13)11-7-15-19-17-11/h1-4,7,9,14H,5-6H2,(H,15,17,19). The van der Waals surface area contributed by atoms with Crippen LogP contribution in [-0.4, -0.2) is 32.1 Å². The minimum absolute atomic E-state index is 0.179. The predicted octanol–water partition coefficient (Wildman–Crippen LogP) is 1.61. The summed E-state index contributed by atoms with van der Waals surface area (Å²) >= 11 is 0. The van der Waals surface area contributed by atoms with Crippen molar-refractivity contribution < 1.29 is 4.52 Å². The number of nitrogens with zero attached hydrogens (tertiary/aromatic N) is 4. The Hall–Kier alpha value is -2.70. The van der Waals surface area contributed by atoms with Gasteiger partial charge in [-0.15, -0.1) is 0 Å². The number of hydrogen-bond acceptors (Lipinski definition) is 6. The molecule has 0 aliphatic carbocycles. The van der Waals surface area contributed by atoms with Crippen LogP contribution in [0.3, 0.4) is 0 Å². The van der Waals surface area contributed by atoms with Gasteiger partial charge in [0.25, 0.3) is 0 Å². The fourth-order valence-electron chi connectivity index (χ4n) is 2.43. The summed E-state index contributed by atoms with van der Waals surface area (Å²) in [5.74, 6) is 1.27. The van der Waals surface area contributed by atoms with Crippen LogP contribution in [0.5, 0.6) is 0 Å². The van der Waals surface area contributed by atoms with Gasteiger partial charge in [0, 0.05) is 12.2 Å². The third kappa shape index (κ3) is 1.83. The van der Waals surface area contributed by atoms with E-state index in [2.05, 4.69) is 43.0 Å². The Labute approximate surface area is 114 Å². The molecule has 100 valence electrons. The molecule has 0 saturated carbocycles. The van der Waals surface area contributed by atoms with Gasteiger partial charge in [-0.3, -0.25) is 0 Å². The van der Waals surface area contributed by atoms with E-state index in [9.17, 15) is 0 Å². The number of rotatable bonds is 2. The van der Waals surface area contributed by atoms with Crippen LogP contribution in [0.25, 0.3) is 11.5 Å². The monoisotopic (exact) mass is 268 g/mol. The number of hydrogen-bond donors (Lipinski definition) is 2. The zero-order valence-electron chi connectivity index (χ0n) is 10.6. The smallest absolute Gasteiger partial charge is 0.232 e. The van der Waals surface area contributed by atoms with Crippen LogP contribution in [0.2, 0.25) is 0 Å². The van der Waals surface area contributed by atoms with Gasteiger partial charge >= 0.3 is 0 Å². The lowest BCUT2D eigenvalue weighted by Crippen LogP contribution is -2.21. The quantitative estimate of drug-likeness (QED) is 0.733. The van der Waals surface area contributed by atoms with Crippen molar-refractivity contribution in [3.63, 3.8) is 0 Å². The molecule has 1 unspecified atom stereocenters. The van der Waals surface area contributed by atoms with Gasteiger partial charge in [-0.1, -0.05) is 23.4 Å². The van der Waals surface area contributed by atoms with Crippen molar-refractivity contribution in [3.8, 4) is 11.5 Å². The summed E-state index contributed by atoms with van der Waals surface area (Å²) in [4.78, 5) is 4.41. The maximum absolute atomic E-state index is 5.36. The topological polar surface area (TPSA) is 92.5 Å². The van der Waals surface area contributed by atoms with Crippen molar-refractivity contribution in [1.29, 1.82) is 0 Å². The highest BCUT2D eigenvalue weighted by Gasteiger charge is 2.25. The summed E-state index contributed by atoms with van der Waals surface area (Å²) in [6, 6.07) is 8.27. The number of para-hydroxylation sites is 1. The van der Waals surface area contributed by atoms with Crippen LogP contribution < -0.4 is 5.32 Å². The molecule has 2 N–H and O–H groups in total. The average molecular weight is 268 g/mol. The molecule has 0 fully saturated rings. The van der Waals surface area contributed by atoms with Gasteiger partial charge < -0.3 is 9.84 Å². The second-order valence-electron chi connectivity index (χ2n) is 4.75. The van der Waals surface area contributed by atoms with E-state index in [1.807, 2.05) is 12.1 Å². The Morgan fingerprint density at radius 3 is 3.10 bits per heavy atom. The van der Waals surface area contributed by atoms with Crippen LogP contribution >= 0.6 is 0 Å². The molecule has 1 aromatic carbocycles. The van der Waals surface area contributed by atoms with Gasteiger partial charge in [0.1, 0.15) is 0 Å². The number of benzene rings is 1. The lowest BCUT2D eigenvalue weighted by atomic mass is 9.94. The third-order valence-corrected chi connectivity index (χ3v) is 3.46. The van der Waals surface area contributed by atoms with Crippen LogP contribution in [0.15, 0.2) is 35.0 Å². The number of nitrogens with one attached hydrogen (secondary N) is 2. The summed E-state index contributed by atoms with van der Waals surface area (Å²) in [6.07, 6.45) is 2.46. The van der Waals surface area contributed by atoms with Crippen LogP contribution in [0.1, 0.15) is 17.4 Å². The first kappa shape index (κ1) is 11.2. The largest absolute Gasteiger partial charge is 0.384 e. The first-order valence-electron chi connectivity index (χ1n) is 6.41. The van der Waals surface area contributed by atoms with E-state index in [0.29, 0.717) is 17.4 Å². The Morgan fingerprint density at radius 2 is 2.20 bits per heavy atom. The lowest BCUT2D eigenvalue weighted by Gasteiger charge is -2.23. The molecule has 7 nitrogen and oxygen atoms in total. The molecule has 1 aliphatic heterocycles. The van der Waals surface area contributed by atoms with Gasteiger partial charge in [0.2, 0.25) is 11.7 Å². The highest BCUT2D eigenvalue weighted by Crippen LogP contribution is 2.30. The molecule has 7 heteroatoms. The number of fused-ring (bicyclic) bond motifs is 1. The summed E-state index contributed by atoms with van der Waals surface area (Å²) < 4.78 is 5.36. The first-order chi connectivity index (χ1) is 9.90. The van der Waals surface area contributed by atoms with E-state index in [1.165, 1.54) is 11.3 Å². The van der Waals surface area contributed by atoms with Crippen molar-refractivity contribution in [2.75, 3.05) is 11.9 Å². The summed E-state index contributed by atoms with van der Waals surface area (Å²) in [5, 5.41) is 17.6. The highest BCUT2D eigenvalue weighted by atomic mass is 16.5. The van der Waals surface area contributed by atoms with Gasteiger partial charge in [-0.2, -0.15) is 20.4 Å². The van der Waals surface area contributed by atoms with Gasteiger partial charge in [0.15, 0.2) is 5.69 Å². The van der Waals surface area contributed by atoms with E-state index in [4.69, 9.17) is 4.52 Å². The van der Waals surface area contributed by atoms with E-state index in [1.54, 1.807) is 6.20 Å². The number of aromatic nitrogens is 5. The minimum atomic E-state index is 0.179. The minimum Gasteiger partial charge on any atom is -0.384 e. The molecule has 2 aromatic heterocycles. The molecule has 1 aliphatic rings. The number of aromatic amines is 1. The Kier molecular flexibility index (Phi) is 2.48. The molecule has 0 radical (unpaired) electrons. The van der Waals surface area contributed by atoms with Crippen molar-refractivity contribution in [2.45, 2.75) is 12.3 Å². The van der Waals surface area contributed by atoms with Gasteiger partial charge in [-0.05, 0) is 18.1 Å². The second kappa shape index (κ2) is 4.44. The Morgan fingerprint density at radius 1 is 1.25 bits per heavy atom. The third-order valence-electron chi connectivity index (χ3n) is 3.46. The molecular weight excluding hydrogens is 256 g/mol. The molecule has 0 spiro atoms.